The number of hydrogen-bond donors (Lipinski definition) is 0. The fourth-order valence-electron chi connectivity index (χ4n) is 11.0. The Kier molecular flexibility index (Phi) is 7.63. The molecule has 0 N–H and O–H groups in total. The van der Waals surface area contributed by atoms with Crippen molar-refractivity contribution < 1.29 is 0 Å². The first-order valence-electron chi connectivity index (χ1n) is 22.8. The summed E-state index contributed by atoms with van der Waals surface area (Å²) >= 11 is 1.83. The molecule has 0 unspecified atom stereocenters. The van der Waals surface area contributed by atoms with Crippen molar-refractivity contribution in [1.82, 2.24) is 19.1 Å². The average Bonchev–Trinajstić information content (AvgIpc) is 4.04. The van der Waals surface area contributed by atoms with Crippen molar-refractivity contribution in [1.29, 1.82) is 0 Å². The van der Waals surface area contributed by atoms with E-state index < -0.39 is 0 Å². The van der Waals surface area contributed by atoms with Crippen molar-refractivity contribution in [3.8, 4) is 33.9 Å². The number of benzene rings is 11. The summed E-state index contributed by atoms with van der Waals surface area (Å²) in [5.74, 6) is 0. The molecule has 11 aromatic carbocycles. The summed E-state index contributed by atoms with van der Waals surface area (Å²) in [6.07, 6.45) is 0. The van der Waals surface area contributed by atoms with Crippen LogP contribution < -0.4 is 0 Å². The molecule has 0 fully saturated rings. The van der Waals surface area contributed by atoms with Crippen molar-refractivity contribution >= 4 is 118 Å². The zero-order valence-electron chi connectivity index (χ0n) is 36.0. The van der Waals surface area contributed by atoms with Gasteiger partial charge in [0.05, 0.1) is 50.2 Å². The minimum Gasteiger partial charge on any atom is -0.309 e. The van der Waals surface area contributed by atoms with Gasteiger partial charge in [0, 0.05) is 69.3 Å². The first-order chi connectivity index (χ1) is 33.2. The van der Waals surface area contributed by atoms with Crippen LogP contribution in [0.1, 0.15) is 0 Å². The Morgan fingerprint density at radius 2 is 0.955 bits per heavy atom. The molecule has 4 nitrogen and oxygen atoms in total. The maximum atomic E-state index is 5.43. The van der Waals surface area contributed by atoms with Gasteiger partial charge in [0.1, 0.15) is 0 Å². The highest BCUT2D eigenvalue weighted by atomic mass is 32.1. The number of hydrogen-bond acceptors (Lipinski definition) is 3. The summed E-state index contributed by atoms with van der Waals surface area (Å²) in [6, 6.07) is 79.7. The summed E-state index contributed by atoms with van der Waals surface area (Å²) < 4.78 is 7.46. The quantitative estimate of drug-likeness (QED) is 0.177. The Labute approximate surface area is 387 Å². The average molecular weight is 869 g/mol. The number of para-hydroxylation sites is 4. The van der Waals surface area contributed by atoms with Gasteiger partial charge < -0.3 is 9.13 Å². The third-order valence-corrected chi connectivity index (χ3v) is 15.2. The van der Waals surface area contributed by atoms with Crippen LogP contribution in [-0.2, 0) is 0 Å². The maximum absolute atomic E-state index is 5.43. The smallest absolute Gasteiger partial charge is 0.0979 e. The second-order valence-electron chi connectivity index (χ2n) is 17.7. The largest absolute Gasteiger partial charge is 0.309 e. The topological polar surface area (TPSA) is 35.6 Å². The van der Waals surface area contributed by atoms with Crippen LogP contribution in [0, 0.1) is 0 Å². The Bertz CT molecular complexity index is 4590. The highest BCUT2D eigenvalue weighted by Crippen LogP contribution is 2.44. The molecule has 0 saturated carbocycles. The number of aromatic nitrogens is 4. The highest BCUT2D eigenvalue weighted by Gasteiger charge is 2.22. The van der Waals surface area contributed by atoms with Gasteiger partial charge in [-0.1, -0.05) is 146 Å². The van der Waals surface area contributed by atoms with E-state index in [-0.39, 0.29) is 0 Å². The molecule has 0 saturated heterocycles. The Morgan fingerprint density at radius 3 is 1.79 bits per heavy atom. The minimum absolute atomic E-state index is 0.876. The lowest BCUT2D eigenvalue weighted by Gasteiger charge is -2.17. The summed E-state index contributed by atoms with van der Waals surface area (Å²) in [7, 11) is 0. The minimum atomic E-state index is 0.876. The molecular formula is C62H36N4S. The number of fused-ring (bicyclic) bond motifs is 14. The standard InChI is InChI=1S/C62H36N4S/c1-2-14-42-37(13-1)26-30-50-45-17-5-10-22-54(45)65(62(42)50)41-28-25-38-35-57-51(34-40(38)33-41)46-18-6-11-23-55(46)66(57)56-32-31-49(43-15-3-4-16-44(43)56)61-60(63-52-20-8-9-21-53(52)64-61)39-27-29-48-47-19-7-12-24-58(47)67-59(48)36-39/h1-36H. The molecule has 4 heterocycles. The SMILES string of the molecule is c1ccc2c(c1)ccc1c3ccccc3n(-c3ccc4cc5c(cc4c3)c3ccccc3n5-c3ccc(-c4nc5ccccc5nc4-c4ccc5c(c4)sc4ccccc45)c4ccccc34)c21. The molecule has 0 bridgehead atoms. The number of nitrogens with zero attached hydrogens (tertiary/aromatic N) is 4. The van der Waals surface area contributed by atoms with Gasteiger partial charge in [0.25, 0.3) is 0 Å². The Morgan fingerprint density at radius 1 is 0.328 bits per heavy atom. The van der Waals surface area contributed by atoms with Gasteiger partial charge in [0.2, 0.25) is 0 Å². The van der Waals surface area contributed by atoms with Crippen molar-refractivity contribution in [3.63, 3.8) is 0 Å². The van der Waals surface area contributed by atoms with Crippen LogP contribution in [-0.4, -0.2) is 19.1 Å². The molecule has 310 valence electrons. The molecule has 67 heavy (non-hydrogen) atoms. The molecular weight excluding hydrogens is 833 g/mol. The molecule has 5 heteroatoms. The lowest BCUT2D eigenvalue weighted by molar-refractivity contribution is 1.19. The molecule has 0 aliphatic rings. The van der Waals surface area contributed by atoms with E-state index in [0.29, 0.717) is 0 Å². The predicted octanol–water partition coefficient (Wildman–Crippen LogP) is 17.0. The van der Waals surface area contributed by atoms with Crippen LogP contribution in [0.15, 0.2) is 218 Å². The van der Waals surface area contributed by atoms with Gasteiger partial charge in [-0.25, -0.2) is 9.97 Å². The summed E-state index contributed by atoms with van der Waals surface area (Å²) in [5.41, 5.74) is 12.7. The predicted molar refractivity (Wildman–Crippen MR) is 284 cm³/mol. The third kappa shape index (κ3) is 5.34. The van der Waals surface area contributed by atoms with Crippen molar-refractivity contribution in [2.75, 3.05) is 0 Å². The van der Waals surface area contributed by atoms with Crippen LogP contribution >= 0.6 is 11.3 Å². The van der Waals surface area contributed by atoms with Gasteiger partial charge >= 0.3 is 0 Å². The van der Waals surface area contributed by atoms with Crippen LogP contribution in [0.4, 0.5) is 0 Å². The maximum Gasteiger partial charge on any atom is 0.0979 e. The van der Waals surface area contributed by atoms with Crippen molar-refractivity contribution in [2.24, 2.45) is 0 Å². The van der Waals surface area contributed by atoms with Gasteiger partial charge in [0.15, 0.2) is 0 Å². The third-order valence-electron chi connectivity index (χ3n) is 14.1. The molecule has 0 aliphatic carbocycles. The normalized spacial score (nSPS) is 12.2. The zero-order valence-corrected chi connectivity index (χ0v) is 36.8. The van der Waals surface area contributed by atoms with E-state index in [1.807, 2.05) is 23.5 Å². The molecule has 0 amide bonds. The molecule has 0 spiro atoms. The molecule has 0 aliphatic heterocycles. The highest BCUT2D eigenvalue weighted by molar-refractivity contribution is 7.25. The van der Waals surface area contributed by atoms with E-state index >= 15 is 0 Å². The first kappa shape index (κ1) is 36.7. The number of rotatable bonds is 4. The molecule has 4 aromatic heterocycles. The second-order valence-corrected chi connectivity index (χ2v) is 18.8. The first-order valence-corrected chi connectivity index (χ1v) is 23.6. The molecule has 15 rings (SSSR count). The van der Waals surface area contributed by atoms with Gasteiger partial charge in [-0.2, -0.15) is 0 Å². The Balaban J connectivity index is 0.934. The van der Waals surface area contributed by atoms with E-state index in [4.69, 9.17) is 9.97 Å². The van der Waals surface area contributed by atoms with Crippen molar-refractivity contribution in [3.05, 3.63) is 218 Å². The molecule has 0 radical (unpaired) electrons. The van der Waals surface area contributed by atoms with E-state index in [9.17, 15) is 0 Å². The van der Waals surface area contributed by atoms with Crippen LogP contribution in [0.2, 0.25) is 0 Å². The van der Waals surface area contributed by atoms with Crippen molar-refractivity contribution in [2.45, 2.75) is 0 Å². The summed E-state index contributed by atoms with van der Waals surface area (Å²) in [5, 5.41) is 14.7. The van der Waals surface area contributed by atoms with Crippen LogP contribution in [0.3, 0.4) is 0 Å². The van der Waals surface area contributed by atoms with E-state index in [2.05, 4.69) is 215 Å². The number of thiophene rings is 1. The summed E-state index contributed by atoms with van der Waals surface area (Å²) in [4.78, 5) is 10.8. The lowest BCUT2D eigenvalue weighted by Crippen LogP contribution is -1.99. The van der Waals surface area contributed by atoms with Gasteiger partial charge in [-0.05, 0) is 94.3 Å². The van der Waals surface area contributed by atoms with E-state index in [1.54, 1.807) is 0 Å². The van der Waals surface area contributed by atoms with E-state index in [1.165, 1.54) is 85.3 Å². The van der Waals surface area contributed by atoms with Gasteiger partial charge in [-0.3, -0.25) is 0 Å². The van der Waals surface area contributed by atoms with Crippen LogP contribution in [0.5, 0.6) is 0 Å². The Hall–Kier alpha value is -8.64. The fourth-order valence-corrected chi connectivity index (χ4v) is 12.2. The zero-order chi connectivity index (χ0) is 43.7. The fraction of sp³-hybridized carbons (Fsp3) is 0. The van der Waals surface area contributed by atoms with Crippen LogP contribution in [0.25, 0.3) is 141 Å². The lowest BCUT2D eigenvalue weighted by atomic mass is 9.96. The van der Waals surface area contributed by atoms with Gasteiger partial charge in [-0.15, -0.1) is 11.3 Å². The summed E-state index contributed by atoms with van der Waals surface area (Å²) in [6.45, 7) is 0. The second kappa shape index (κ2) is 13.9. The monoisotopic (exact) mass is 868 g/mol. The molecule has 15 aromatic rings. The van der Waals surface area contributed by atoms with E-state index in [0.717, 1.165) is 55.7 Å². The molecule has 0 atom stereocenters.